The average Bonchev–Trinajstić information content (AvgIpc) is 3.72. The number of amides is 1. The van der Waals surface area contributed by atoms with Crippen LogP contribution in [-0.4, -0.2) is 78.6 Å². The van der Waals surface area contributed by atoms with E-state index in [1.807, 2.05) is 49.4 Å². The number of oxime groups is 1. The lowest BCUT2D eigenvalue weighted by atomic mass is 9.55. The fourth-order valence-electron chi connectivity index (χ4n) is 9.51. The maximum Gasteiger partial charge on any atom is 0.410 e. The van der Waals surface area contributed by atoms with Crippen LogP contribution in [0.4, 0.5) is 4.79 Å². The Bertz CT molecular complexity index is 2050. The fourth-order valence-corrected chi connectivity index (χ4v) is 9.51. The van der Waals surface area contributed by atoms with Crippen LogP contribution < -0.4 is 18.9 Å². The zero-order valence-electron chi connectivity index (χ0n) is 35.4. The molecule has 12 nitrogen and oxygen atoms in total. The molecular formula is C48H60N2O10. The van der Waals surface area contributed by atoms with Crippen molar-refractivity contribution < 1.29 is 48.3 Å². The molecule has 0 spiro atoms. The first kappa shape index (κ1) is 43.1. The molecule has 322 valence electrons. The van der Waals surface area contributed by atoms with Crippen molar-refractivity contribution in [3.63, 3.8) is 0 Å². The van der Waals surface area contributed by atoms with E-state index in [0.717, 1.165) is 53.7 Å². The Morgan fingerprint density at radius 2 is 1.67 bits per heavy atom. The van der Waals surface area contributed by atoms with Gasteiger partial charge in [0.05, 0.1) is 24.8 Å². The highest BCUT2D eigenvalue weighted by atomic mass is 16.7. The van der Waals surface area contributed by atoms with Crippen LogP contribution in [0.1, 0.15) is 87.0 Å². The van der Waals surface area contributed by atoms with Gasteiger partial charge in [0.1, 0.15) is 29.9 Å². The second-order valence-corrected chi connectivity index (χ2v) is 16.1. The second kappa shape index (κ2) is 19.6. The molecule has 2 aliphatic carbocycles. The summed E-state index contributed by atoms with van der Waals surface area (Å²) in [5.41, 5.74) is 5.77. The molecule has 12 heteroatoms. The lowest BCUT2D eigenvalue weighted by molar-refractivity contribution is -0.256. The van der Waals surface area contributed by atoms with E-state index in [0.29, 0.717) is 48.2 Å². The molecule has 3 aromatic rings. The van der Waals surface area contributed by atoms with Gasteiger partial charge in [-0.1, -0.05) is 42.3 Å². The Balaban J connectivity index is 1.44. The number of carbonyl (C=O) groups is 1. The minimum Gasteiger partial charge on any atom is -0.459 e. The first-order valence-electron chi connectivity index (χ1n) is 21.5. The summed E-state index contributed by atoms with van der Waals surface area (Å²) in [6.45, 7) is 13.0. The second-order valence-electron chi connectivity index (χ2n) is 16.1. The number of unbranched alkanes of at least 4 members (excludes halogenated alkanes) is 2. The summed E-state index contributed by atoms with van der Waals surface area (Å²) in [6, 6.07) is 17.0. The number of aryl methyl sites for hydroxylation is 2. The Morgan fingerprint density at radius 1 is 0.917 bits per heavy atom. The number of hydrogen-bond acceptors (Lipinski definition) is 11. The predicted molar refractivity (Wildman–Crippen MR) is 228 cm³/mol. The van der Waals surface area contributed by atoms with Gasteiger partial charge in [-0.05, 0) is 130 Å². The van der Waals surface area contributed by atoms with Gasteiger partial charge >= 0.3 is 6.09 Å². The Morgan fingerprint density at radius 3 is 2.42 bits per heavy atom. The Labute approximate surface area is 353 Å². The number of allylic oxidation sites excluding steroid dienone is 1. The first-order valence-corrected chi connectivity index (χ1v) is 21.5. The van der Waals surface area contributed by atoms with E-state index in [4.69, 9.17) is 38.4 Å². The van der Waals surface area contributed by atoms with Crippen LogP contribution >= 0.6 is 0 Å². The molecule has 60 heavy (non-hydrogen) atoms. The van der Waals surface area contributed by atoms with E-state index in [-0.39, 0.29) is 63.9 Å². The molecule has 1 saturated carbocycles. The number of hydrogen-bond donors (Lipinski definition) is 2. The largest absolute Gasteiger partial charge is 0.459 e. The number of benzene rings is 3. The summed E-state index contributed by atoms with van der Waals surface area (Å²) in [4.78, 5) is 22.0. The van der Waals surface area contributed by atoms with Crippen molar-refractivity contribution >= 4 is 11.8 Å². The number of carbonyl (C=O) groups excluding carboxylic acids is 1. The molecule has 1 amide bonds. The molecule has 3 aromatic carbocycles. The van der Waals surface area contributed by atoms with E-state index < -0.39 is 23.8 Å². The van der Waals surface area contributed by atoms with Crippen LogP contribution in [0.3, 0.4) is 0 Å². The molecule has 0 aromatic heterocycles. The Hall–Kier alpha value is -5.04. The lowest BCUT2D eigenvalue weighted by Gasteiger charge is -2.59. The molecule has 0 unspecified atom stereocenters. The van der Waals surface area contributed by atoms with Crippen molar-refractivity contribution in [3.8, 4) is 28.7 Å². The highest BCUT2D eigenvalue weighted by molar-refractivity contribution is 6.03. The van der Waals surface area contributed by atoms with Gasteiger partial charge < -0.3 is 43.5 Å². The molecular weight excluding hydrogens is 765 g/mol. The highest BCUT2D eigenvalue weighted by Gasteiger charge is 2.65. The molecule has 0 radical (unpaired) electrons. The maximum absolute atomic E-state index is 14.5. The van der Waals surface area contributed by atoms with Crippen LogP contribution in [0.5, 0.6) is 28.7 Å². The zero-order valence-corrected chi connectivity index (χ0v) is 35.4. The number of aliphatic hydroxyl groups excluding tert-OH is 2. The minimum absolute atomic E-state index is 0.0622. The normalized spacial score (nSPS) is 24.1. The number of ether oxygens (including phenoxy) is 6. The van der Waals surface area contributed by atoms with Gasteiger partial charge in [0, 0.05) is 37.7 Å². The smallest absolute Gasteiger partial charge is 0.410 e. The summed E-state index contributed by atoms with van der Waals surface area (Å²) >= 11 is 0. The van der Waals surface area contributed by atoms with Crippen LogP contribution in [0.15, 0.2) is 84.1 Å². The summed E-state index contributed by atoms with van der Waals surface area (Å²) in [6.07, 6.45) is 8.42. The maximum atomic E-state index is 14.5. The van der Waals surface area contributed by atoms with Gasteiger partial charge in [-0.25, -0.2) is 4.79 Å². The van der Waals surface area contributed by atoms with E-state index >= 15 is 0 Å². The summed E-state index contributed by atoms with van der Waals surface area (Å²) in [5.74, 6) is 1.34. The third-order valence-electron chi connectivity index (χ3n) is 12.3. The Kier molecular flexibility index (Phi) is 14.0. The van der Waals surface area contributed by atoms with Crippen molar-refractivity contribution in [2.75, 3.05) is 39.8 Å². The van der Waals surface area contributed by atoms with Gasteiger partial charge in [0.15, 0.2) is 11.5 Å². The number of aliphatic hydroxyl groups is 2. The number of rotatable bonds is 19. The lowest BCUT2D eigenvalue weighted by Crippen LogP contribution is -2.70. The average molecular weight is 825 g/mol. The molecule has 4 aliphatic rings. The van der Waals surface area contributed by atoms with Crippen molar-refractivity contribution in [2.45, 2.75) is 96.9 Å². The fraction of sp³-hybridized carbons (Fsp3) is 0.500. The summed E-state index contributed by atoms with van der Waals surface area (Å²) in [7, 11) is 0. The minimum atomic E-state index is -1.44. The molecule has 2 N–H and O–H groups in total. The molecule has 1 fully saturated rings. The van der Waals surface area contributed by atoms with Crippen molar-refractivity contribution in [1.82, 2.24) is 4.90 Å². The van der Waals surface area contributed by atoms with Crippen molar-refractivity contribution in [2.24, 2.45) is 22.9 Å². The summed E-state index contributed by atoms with van der Waals surface area (Å²) < 4.78 is 38.2. The van der Waals surface area contributed by atoms with Crippen LogP contribution in [0, 0.1) is 31.6 Å². The van der Waals surface area contributed by atoms with Gasteiger partial charge in [0.25, 0.3) is 0 Å². The monoisotopic (exact) mass is 824 g/mol. The molecule has 0 saturated heterocycles. The van der Waals surface area contributed by atoms with E-state index in [9.17, 15) is 15.0 Å². The van der Waals surface area contributed by atoms with E-state index in [1.54, 1.807) is 17.9 Å². The third-order valence-corrected chi connectivity index (χ3v) is 12.3. The van der Waals surface area contributed by atoms with Crippen molar-refractivity contribution in [1.29, 1.82) is 0 Å². The SMILES string of the molecule is C=CCO[C@@]12Oc3ccc(Oc4ccc(C)c(C)c4)cc3[C@H]3[C@H](CCCCO)[C@@H](CCCCO)C=C(C(=NOCC)C[C@@H]1N(Cc1ccc4c(c1)OCO4)C(=O)OCC)[C@H]32. The van der Waals surface area contributed by atoms with Crippen molar-refractivity contribution in [3.05, 3.63) is 101 Å². The zero-order chi connectivity index (χ0) is 42.2. The standard InChI is InChI=1S/C48H60N2O10/c1-6-23-57-48-44(50(47(53)54-7-2)29-33-16-19-42-43(25-33)56-30-55-42)28-40(49-58-8-3)38-26-34(13-9-11-21-51)37(14-10-12-22-52)45(46(38)48)39-27-36(18-20-41(39)60-48)59-35-17-15-31(4)32(5)24-35/h6,15-20,24-27,34,37,44-46,51-52H,1,7-14,21-23,28-30H2,2-5H3/t34-,37+,44-,45+,46+,48+/m0/s1. The topological polar surface area (TPSA) is 138 Å². The van der Waals surface area contributed by atoms with Gasteiger partial charge in [-0.15, -0.1) is 6.58 Å². The van der Waals surface area contributed by atoms with Gasteiger partial charge in [-0.3, -0.25) is 4.90 Å². The molecule has 2 heterocycles. The van der Waals surface area contributed by atoms with Gasteiger partial charge in [-0.2, -0.15) is 0 Å². The molecule has 6 atom stereocenters. The summed E-state index contributed by atoms with van der Waals surface area (Å²) in [5, 5.41) is 24.6. The highest BCUT2D eigenvalue weighted by Crippen LogP contribution is 2.62. The number of nitrogens with zero attached hydrogens (tertiary/aromatic N) is 2. The molecule has 7 rings (SSSR count). The molecule has 0 bridgehead atoms. The predicted octanol–water partition coefficient (Wildman–Crippen LogP) is 9.14. The quantitative estimate of drug-likeness (QED) is 0.0684. The third kappa shape index (κ3) is 8.87. The van der Waals surface area contributed by atoms with Crippen LogP contribution in [0.25, 0.3) is 0 Å². The van der Waals surface area contributed by atoms with E-state index in [1.165, 1.54) is 5.56 Å². The molecule has 2 aliphatic heterocycles. The van der Waals surface area contributed by atoms with Crippen LogP contribution in [0.2, 0.25) is 0 Å². The van der Waals surface area contributed by atoms with Crippen LogP contribution in [-0.2, 0) is 20.9 Å². The van der Waals surface area contributed by atoms with Gasteiger partial charge in [0.2, 0.25) is 12.6 Å². The number of fused-ring (bicyclic) bond motifs is 3. The first-order chi connectivity index (χ1) is 29.2. The van der Waals surface area contributed by atoms with E-state index in [2.05, 4.69) is 38.6 Å².